The zero-order valence-electron chi connectivity index (χ0n) is 10.7. The van der Waals surface area contributed by atoms with Crippen LogP contribution < -0.4 is 5.32 Å². The van der Waals surface area contributed by atoms with Crippen molar-refractivity contribution in [2.24, 2.45) is 0 Å². The molecule has 0 fully saturated rings. The first-order valence-corrected chi connectivity index (χ1v) is 6.36. The Morgan fingerprint density at radius 3 is 2.30 bits per heavy atom. The fourth-order valence-electron chi connectivity index (χ4n) is 1.70. The highest BCUT2D eigenvalue weighted by atomic mass is 35.5. The van der Waals surface area contributed by atoms with E-state index < -0.39 is 4.92 Å². The molecule has 0 aromatic heterocycles. The predicted octanol–water partition coefficient (Wildman–Crippen LogP) is 4.01. The van der Waals surface area contributed by atoms with Gasteiger partial charge in [-0.25, -0.2) is 0 Å². The number of nitrogens with one attached hydrogen (secondary N) is 1. The molecule has 2 aromatic rings. The summed E-state index contributed by atoms with van der Waals surface area (Å²) in [7, 11) is 0. The molecule has 0 spiro atoms. The molecule has 0 saturated heterocycles. The summed E-state index contributed by atoms with van der Waals surface area (Å²) in [6, 6.07) is 13.8. The van der Waals surface area contributed by atoms with Crippen LogP contribution in [0.5, 0.6) is 0 Å². The van der Waals surface area contributed by atoms with E-state index in [9.17, 15) is 10.1 Å². The highest BCUT2D eigenvalue weighted by Gasteiger charge is 2.05. The summed E-state index contributed by atoms with van der Waals surface area (Å²) in [6.45, 7) is 4.54. The zero-order valence-corrected chi connectivity index (χ0v) is 11.4. The molecule has 102 valence electrons. The first-order chi connectivity index (χ1) is 9.56. The van der Waals surface area contributed by atoms with Crippen LogP contribution in [-0.4, -0.2) is 4.92 Å². The summed E-state index contributed by atoms with van der Waals surface area (Å²) < 4.78 is 0. The molecular weight excluding hydrogens is 276 g/mol. The summed E-state index contributed by atoms with van der Waals surface area (Å²) in [5, 5.41) is 14.5. The molecule has 4 nitrogen and oxygen atoms in total. The first kappa shape index (κ1) is 14.1. The highest BCUT2D eigenvalue weighted by Crippen LogP contribution is 2.16. The van der Waals surface area contributed by atoms with Crippen LogP contribution in [0.25, 0.3) is 5.70 Å². The number of nitro benzene ring substituents is 1. The van der Waals surface area contributed by atoms with Gasteiger partial charge in [-0.2, -0.15) is 0 Å². The maximum atomic E-state index is 10.6. The maximum absolute atomic E-state index is 10.6. The van der Waals surface area contributed by atoms with Crippen molar-refractivity contribution in [3.05, 3.63) is 81.4 Å². The van der Waals surface area contributed by atoms with Gasteiger partial charge in [0.25, 0.3) is 5.69 Å². The van der Waals surface area contributed by atoms with Gasteiger partial charge in [0.15, 0.2) is 0 Å². The summed E-state index contributed by atoms with van der Waals surface area (Å²) in [6.07, 6.45) is 0. The standard InChI is InChI=1S/C15H13ClN2O2/c1-11(13-4-8-15(9-5-13)18(19)20)17-10-12-2-6-14(16)7-3-12/h2-9,17H,1,10H2. The summed E-state index contributed by atoms with van der Waals surface area (Å²) in [5.41, 5.74) is 2.69. The van der Waals surface area contributed by atoms with Crippen LogP contribution in [0, 0.1) is 10.1 Å². The fraction of sp³-hybridized carbons (Fsp3) is 0.0667. The molecule has 5 heteroatoms. The van der Waals surface area contributed by atoms with E-state index in [1.165, 1.54) is 12.1 Å². The molecule has 2 aromatic carbocycles. The van der Waals surface area contributed by atoms with E-state index in [1.807, 2.05) is 24.3 Å². The van der Waals surface area contributed by atoms with Crippen molar-refractivity contribution >= 4 is 23.0 Å². The topological polar surface area (TPSA) is 55.2 Å². The first-order valence-electron chi connectivity index (χ1n) is 5.98. The Kier molecular flexibility index (Phi) is 4.38. The second-order valence-corrected chi connectivity index (χ2v) is 4.70. The predicted molar refractivity (Wildman–Crippen MR) is 80.4 cm³/mol. The average molecular weight is 289 g/mol. The Hall–Kier alpha value is -2.33. The van der Waals surface area contributed by atoms with Gasteiger partial charge in [0.2, 0.25) is 0 Å². The van der Waals surface area contributed by atoms with Crippen LogP contribution in [0.2, 0.25) is 5.02 Å². The van der Waals surface area contributed by atoms with Crippen molar-refractivity contribution in [3.63, 3.8) is 0 Å². The van der Waals surface area contributed by atoms with Gasteiger partial charge < -0.3 is 5.32 Å². The minimum atomic E-state index is -0.423. The molecule has 0 aliphatic heterocycles. The van der Waals surface area contributed by atoms with Crippen LogP contribution in [-0.2, 0) is 6.54 Å². The molecule has 0 radical (unpaired) electrons. The van der Waals surface area contributed by atoms with Crippen LogP contribution in [0.3, 0.4) is 0 Å². The van der Waals surface area contributed by atoms with Crippen molar-refractivity contribution in [1.29, 1.82) is 0 Å². The molecular formula is C15H13ClN2O2. The molecule has 2 rings (SSSR count). The highest BCUT2D eigenvalue weighted by molar-refractivity contribution is 6.30. The van der Waals surface area contributed by atoms with Gasteiger partial charge >= 0.3 is 0 Å². The lowest BCUT2D eigenvalue weighted by atomic mass is 10.1. The quantitative estimate of drug-likeness (QED) is 0.668. The van der Waals surface area contributed by atoms with E-state index in [-0.39, 0.29) is 5.69 Å². The van der Waals surface area contributed by atoms with Crippen molar-refractivity contribution in [1.82, 2.24) is 5.32 Å². The van der Waals surface area contributed by atoms with Gasteiger partial charge in [-0.15, -0.1) is 0 Å². The van der Waals surface area contributed by atoms with Gasteiger partial charge in [-0.05, 0) is 35.4 Å². The lowest BCUT2D eigenvalue weighted by Crippen LogP contribution is -2.10. The van der Waals surface area contributed by atoms with E-state index in [4.69, 9.17) is 11.6 Å². The second-order valence-electron chi connectivity index (χ2n) is 4.26. The van der Waals surface area contributed by atoms with E-state index >= 15 is 0 Å². The Balaban J connectivity index is 1.97. The van der Waals surface area contributed by atoms with Gasteiger partial charge in [0, 0.05) is 29.4 Å². The molecule has 20 heavy (non-hydrogen) atoms. The van der Waals surface area contributed by atoms with Gasteiger partial charge in [-0.1, -0.05) is 30.3 Å². The summed E-state index contributed by atoms with van der Waals surface area (Å²) in [5.74, 6) is 0. The molecule has 0 amide bonds. The Morgan fingerprint density at radius 1 is 1.15 bits per heavy atom. The van der Waals surface area contributed by atoms with Gasteiger partial charge in [0.05, 0.1) is 4.92 Å². The summed E-state index contributed by atoms with van der Waals surface area (Å²) in [4.78, 5) is 10.2. The number of benzene rings is 2. The smallest absolute Gasteiger partial charge is 0.269 e. The number of rotatable bonds is 5. The van der Waals surface area contributed by atoms with Crippen LogP contribution in [0.15, 0.2) is 55.1 Å². The Morgan fingerprint density at radius 2 is 1.75 bits per heavy atom. The monoisotopic (exact) mass is 288 g/mol. The lowest BCUT2D eigenvalue weighted by Gasteiger charge is -2.09. The van der Waals surface area contributed by atoms with E-state index in [2.05, 4.69) is 11.9 Å². The number of non-ortho nitro benzene ring substituents is 1. The van der Waals surface area contributed by atoms with Crippen molar-refractivity contribution < 1.29 is 4.92 Å². The van der Waals surface area contributed by atoms with Gasteiger partial charge in [0.1, 0.15) is 0 Å². The largest absolute Gasteiger partial charge is 0.381 e. The average Bonchev–Trinajstić information content (AvgIpc) is 2.46. The van der Waals surface area contributed by atoms with Crippen LogP contribution >= 0.6 is 11.6 Å². The van der Waals surface area contributed by atoms with Crippen molar-refractivity contribution in [3.8, 4) is 0 Å². The third-order valence-corrected chi connectivity index (χ3v) is 3.10. The van der Waals surface area contributed by atoms with Crippen molar-refractivity contribution in [2.45, 2.75) is 6.54 Å². The molecule has 0 bridgehead atoms. The molecule has 0 aliphatic carbocycles. The molecule has 1 N–H and O–H groups in total. The maximum Gasteiger partial charge on any atom is 0.269 e. The fourth-order valence-corrected chi connectivity index (χ4v) is 1.82. The lowest BCUT2D eigenvalue weighted by molar-refractivity contribution is -0.384. The minimum absolute atomic E-state index is 0.0688. The zero-order chi connectivity index (χ0) is 14.5. The molecule has 0 unspecified atom stereocenters. The second kappa shape index (κ2) is 6.21. The Labute approximate surface area is 121 Å². The number of hydrogen-bond acceptors (Lipinski definition) is 3. The van der Waals surface area contributed by atoms with Gasteiger partial charge in [-0.3, -0.25) is 10.1 Å². The van der Waals surface area contributed by atoms with Crippen molar-refractivity contribution in [2.75, 3.05) is 0 Å². The van der Waals surface area contributed by atoms with E-state index in [0.29, 0.717) is 11.6 Å². The molecule has 0 saturated carbocycles. The third-order valence-electron chi connectivity index (χ3n) is 2.85. The number of hydrogen-bond donors (Lipinski definition) is 1. The number of nitrogens with zero attached hydrogens (tertiary/aromatic N) is 1. The molecule has 0 heterocycles. The summed E-state index contributed by atoms with van der Waals surface area (Å²) >= 11 is 5.82. The van der Waals surface area contributed by atoms with E-state index in [0.717, 1.165) is 16.8 Å². The van der Waals surface area contributed by atoms with Crippen LogP contribution in [0.1, 0.15) is 11.1 Å². The third kappa shape index (κ3) is 3.59. The molecule has 0 atom stereocenters. The Bertz CT molecular complexity index is 621. The minimum Gasteiger partial charge on any atom is -0.381 e. The van der Waals surface area contributed by atoms with Crippen LogP contribution in [0.4, 0.5) is 5.69 Å². The number of nitro groups is 1. The molecule has 0 aliphatic rings. The SMILES string of the molecule is C=C(NCc1ccc(Cl)cc1)c1ccc([N+](=O)[O-])cc1. The van der Waals surface area contributed by atoms with E-state index in [1.54, 1.807) is 12.1 Å². The normalized spacial score (nSPS) is 10.1. The number of halogens is 1.